The van der Waals surface area contributed by atoms with Gasteiger partial charge in [0.1, 0.15) is 5.82 Å². The molecule has 0 amide bonds. The van der Waals surface area contributed by atoms with Crippen molar-refractivity contribution in [3.63, 3.8) is 0 Å². The number of hydrogen-bond donors (Lipinski definition) is 0. The Labute approximate surface area is 221 Å². The molecule has 5 rings (SSSR count). The standard InChI is InChI=1S/C34H37FN2/c1-3-27-13-18-32(19-14-27)36-20-22-37(23-21-36)34(30-11-7-8-26(2)24-30)31-17-16-29(33(35)25-31)15-12-28-9-5-4-6-10-28/h4-11,13-14,16-19,24-25,34H,3,12,15,20-23H2,1-2H3. The predicted octanol–water partition coefficient (Wildman–Crippen LogP) is 7.39. The van der Waals surface area contributed by atoms with Crippen LogP contribution in [-0.4, -0.2) is 31.1 Å². The molecule has 190 valence electrons. The first-order valence-electron chi connectivity index (χ1n) is 13.6. The van der Waals surface area contributed by atoms with Crippen LogP contribution in [0.15, 0.2) is 97.1 Å². The van der Waals surface area contributed by atoms with Gasteiger partial charge in [0, 0.05) is 31.9 Å². The fraction of sp³-hybridized carbons (Fsp3) is 0.294. The van der Waals surface area contributed by atoms with Crippen LogP contribution < -0.4 is 4.90 Å². The third-order valence-electron chi connectivity index (χ3n) is 7.67. The number of piperazine rings is 1. The number of hydrogen-bond acceptors (Lipinski definition) is 2. The van der Waals surface area contributed by atoms with Crippen molar-refractivity contribution >= 4 is 5.69 Å². The zero-order valence-electron chi connectivity index (χ0n) is 22.0. The largest absolute Gasteiger partial charge is 0.369 e. The first kappa shape index (κ1) is 25.2. The van der Waals surface area contributed by atoms with Crippen molar-refractivity contribution in [1.29, 1.82) is 0 Å². The van der Waals surface area contributed by atoms with Crippen LogP contribution in [0, 0.1) is 12.7 Å². The summed E-state index contributed by atoms with van der Waals surface area (Å²) < 4.78 is 15.4. The molecule has 1 aliphatic heterocycles. The molecule has 4 aromatic rings. The van der Waals surface area contributed by atoms with Crippen LogP contribution in [0.1, 0.15) is 46.3 Å². The highest BCUT2D eigenvalue weighted by atomic mass is 19.1. The molecular weight excluding hydrogens is 455 g/mol. The molecule has 0 spiro atoms. The minimum absolute atomic E-state index is 0.0437. The van der Waals surface area contributed by atoms with Gasteiger partial charge in [0.05, 0.1) is 6.04 Å². The van der Waals surface area contributed by atoms with Crippen molar-refractivity contribution in [2.45, 2.75) is 39.2 Å². The Morgan fingerprint density at radius 1 is 0.703 bits per heavy atom. The van der Waals surface area contributed by atoms with Gasteiger partial charge in [0.2, 0.25) is 0 Å². The highest BCUT2D eigenvalue weighted by Gasteiger charge is 2.27. The van der Waals surface area contributed by atoms with Crippen molar-refractivity contribution in [3.05, 3.63) is 136 Å². The molecule has 3 heteroatoms. The van der Waals surface area contributed by atoms with E-state index in [0.717, 1.165) is 50.1 Å². The maximum atomic E-state index is 15.4. The number of aryl methyl sites for hydroxylation is 4. The summed E-state index contributed by atoms with van der Waals surface area (Å²) in [4.78, 5) is 4.99. The van der Waals surface area contributed by atoms with Gasteiger partial charge in [-0.25, -0.2) is 4.39 Å². The minimum Gasteiger partial charge on any atom is -0.369 e. The monoisotopic (exact) mass is 492 g/mol. The molecule has 0 aromatic heterocycles. The molecule has 4 aromatic carbocycles. The van der Waals surface area contributed by atoms with Crippen LogP contribution in [0.3, 0.4) is 0 Å². The van der Waals surface area contributed by atoms with Crippen LogP contribution in [0.5, 0.6) is 0 Å². The Morgan fingerprint density at radius 3 is 2.11 bits per heavy atom. The van der Waals surface area contributed by atoms with Gasteiger partial charge in [0.25, 0.3) is 0 Å². The van der Waals surface area contributed by atoms with Crippen LogP contribution in [0.4, 0.5) is 10.1 Å². The zero-order valence-corrected chi connectivity index (χ0v) is 22.0. The third-order valence-corrected chi connectivity index (χ3v) is 7.67. The summed E-state index contributed by atoms with van der Waals surface area (Å²) in [7, 11) is 0. The lowest BCUT2D eigenvalue weighted by atomic mass is 9.93. The number of benzene rings is 4. The second-order valence-electron chi connectivity index (χ2n) is 10.2. The maximum Gasteiger partial charge on any atom is 0.126 e. The smallest absolute Gasteiger partial charge is 0.126 e. The molecule has 0 radical (unpaired) electrons. The van der Waals surface area contributed by atoms with E-state index in [-0.39, 0.29) is 11.9 Å². The summed E-state index contributed by atoms with van der Waals surface area (Å²) >= 11 is 0. The summed E-state index contributed by atoms with van der Waals surface area (Å²) in [5.74, 6) is -0.0965. The minimum atomic E-state index is -0.0965. The van der Waals surface area contributed by atoms with E-state index >= 15 is 4.39 Å². The Kier molecular flexibility index (Phi) is 8.01. The second-order valence-corrected chi connectivity index (χ2v) is 10.2. The Bertz CT molecular complexity index is 1290. The van der Waals surface area contributed by atoms with Crippen molar-refractivity contribution in [3.8, 4) is 0 Å². The van der Waals surface area contributed by atoms with Crippen molar-refractivity contribution < 1.29 is 4.39 Å². The van der Waals surface area contributed by atoms with Crippen molar-refractivity contribution in [1.82, 2.24) is 4.90 Å². The number of nitrogens with zero attached hydrogens (tertiary/aromatic N) is 2. The summed E-state index contributed by atoms with van der Waals surface area (Å²) in [6, 6.07) is 33.9. The Morgan fingerprint density at radius 2 is 1.43 bits per heavy atom. The van der Waals surface area contributed by atoms with Crippen molar-refractivity contribution in [2.75, 3.05) is 31.1 Å². The van der Waals surface area contributed by atoms with E-state index in [1.807, 2.05) is 24.3 Å². The fourth-order valence-electron chi connectivity index (χ4n) is 5.50. The lowest BCUT2D eigenvalue weighted by Gasteiger charge is -2.41. The molecule has 37 heavy (non-hydrogen) atoms. The average Bonchev–Trinajstić information content (AvgIpc) is 2.94. The van der Waals surface area contributed by atoms with Crippen LogP contribution >= 0.6 is 0 Å². The van der Waals surface area contributed by atoms with Gasteiger partial charge in [-0.3, -0.25) is 4.90 Å². The fourth-order valence-corrected chi connectivity index (χ4v) is 5.50. The van der Waals surface area contributed by atoms with Gasteiger partial charge < -0.3 is 4.90 Å². The second kappa shape index (κ2) is 11.7. The molecule has 2 nitrogen and oxygen atoms in total. The maximum absolute atomic E-state index is 15.4. The zero-order chi connectivity index (χ0) is 25.6. The van der Waals surface area contributed by atoms with Gasteiger partial charge in [-0.1, -0.05) is 91.3 Å². The summed E-state index contributed by atoms with van der Waals surface area (Å²) in [5.41, 5.74) is 8.19. The number of halogens is 1. The highest BCUT2D eigenvalue weighted by molar-refractivity contribution is 5.48. The Balaban J connectivity index is 1.35. The first-order chi connectivity index (χ1) is 18.1. The van der Waals surface area contributed by atoms with E-state index in [4.69, 9.17) is 0 Å². The lowest BCUT2D eigenvalue weighted by Crippen LogP contribution is -2.48. The molecule has 0 bridgehead atoms. The molecule has 1 saturated heterocycles. The number of anilines is 1. The van der Waals surface area contributed by atoms with Gasteiger partial charge in [-0.05, 0) is 72.2 Å². The molecule has 0 saturated carbocycles. The predicted molar refractivity (Wildman–Crippen MR) is 153 cm³/mol. The van der Waals surface area contributed by atoms with E-state index in [1.165, 1.54) is 27.9 Å². The van der Waals surface area contributed by atoms with E-state index in [2.05, 4.69) is 90.4 Å². The van der Waals surface area contributed by atoms with Gasteiger partial charge in [0.15, 0.2) is 0 Å². The molecule has 1 aliphatic rings. The van der Waals surface area contributed by atoms with Crippen LogP contribution in [0.2, 0.25) is 0 Å². The molecule has 0 aliphatic carbocycles. The van der Waals surface area contributed by atoms with Gasteiger partial charge in [-0.15, -0.1) is 0 Å². The summed E-state index contributed by atoms with van der Waals surface area (Å²) in [5, 5.41) is 0. The summed E-state index contributed by atoms with van der Waals surface area (Å²) in [6.45, 7) is 8.12. The van der Waals surface area contributed by atoms with E-state index in [9.17, 15) is 0 Å². The van der Waals surface area contributed by atoms with E-state index < -0.39 is 0 Å². The molecular formula is C34H37FN2. The first-order valence-corrected chi connectivity index (χ1v) is 13.6. The number of rotatable bonds is 8. The summed E-state index contributed by atoms with van der Waals surface area (Å²) in [6.07, 6.45) is 2.62. The highest BCUT2D eigenvalue weighted by Crippen LogP contribution is 2.32. The molecule has 0 N–H and O–H groups in total. The SMILES string of the molecule is CCc1ccc(N2CCN(C(c3cccc(C)c3)c3ccc(CCc4ccccc4)c(F)c3)CC2)cc1. The Hall–Kier alpha value is -3.43. The van der Waals surface area contributed by atoms with Crippen LogP contribution in [0.25, 0.3) is 0 Å². The lowest BCUT2D eigenvalue weighted by molar-refractivity contribution is 0.212. The van der Waals surface area contributed by atoms with Gasteiger partial charge >= 0.3 is 0 Å². The van der Waals surface area contributed by atoms with E-state index in [1.54, 1.807) is 6.07 Å². The molecule has 1 atom stereocenters. The molecule has 1 fully saturated rings. The normalized spacial score (nSPS) is 15.1. The van der Waals surface area contributed by atoms with Gasteiger partial charge in [-0.2, -0.15) is 0 Å². The van der Waals surface area contributed by atoms with Crippen molar-refractivity contribution in [2.24, 2.45) is 0 Å². The topological polar surface area (TPSA) is 6.48 Å². The third kappa shape index (κ3) is 6.11. The molecule has 1 heterocycles. The quantitative estimate of drug-likeness (QED) is 0.253. The molecule has 1 unspecified atom stereocenters. The van der Waals surface area contributed by atoms with Crippen LogP contribution in [-0.2, 0) is 19.3 Å². The average molecular weight is 493 g/mol. The van der Waals surface area contributed by atoms with E-state index in [0.29, 0.717) is 6.42 Å².